The molecule has 1 rings (SSSR count). The Balaban J connectivity index is 2.79. The van der Waals surface area contributed by atoms with Gasteiger partial charge in [0.15, 0.2) is 0 Å². The number of nitrogens with two attached hydrogens (primary N) is 1. The minimum Gasteiger partial charge on any atom is -0.394 e. The zero-order valence-corrected chi connectivity index (χ0v) is 10.6. The molecule has 1 aliphatic rings. The molecule has 1 aliphatic carbocycles. The number of hydrogen-bond donors (Lipinski definition) is 2. The summed E-state index contributed by atoms with van der Waals surface area (Å²) in [7, 11) is 2.15. The molecule has 15 heavy (non-hydrogen) atoms. The molecular weight excluding hydrogens is 188 g/mol. The van der Waals surface area contributed by atoms with Crippen molar-refractivity contribution in [2.45, 2.75) is 51.6 Å². The summed E-state index contributed by atoms with van der Waals surface area (Å²) in [6.45, 7) is 7.93. The molecule has 0 aromatic carbocycles. The fourth-order valence-corrected chi connectivity index (χ4v) is 2.62. The molecule has 0 aromatic heterocycles. The Morgan fingerprint density at radius 1 is 1.40 bits per heavy atom. The first-order chi connectivity index (χ1) is 6.84. The Morgan fingerprint density at radius 2 is 2.00 bits per heavy atom. The molecule has 0 aliphatic heterocycles. The van der Waals surface area contributed by atoms with E-state index in [0.29, 0.717) is 11.5 Å². The first-order valence-corrected chi connectivity index (χ1v) is 5.94. The standard InChI is InChI=1S/C12H26N2O/c1-5-14(4)10-8-12(13,9-15)7-6-11(10,2)3/h10,15H,5-9,13H2,1-4H3. The van der Waals surface area contributed by atoms with Crippen LogP contribution in [0.2, 0.25) is 0 Å². The monoisotopic (exact) mass is 214 g/mol. The highest BCUT2D eigenvalue weighted by Gasteiger charge is 2.43. The second kappa shape index (κ2) is 4.40. The zero-order valence-electron chi connectivity index (χ0n) is 10.6. The summed E-state index contributed by atoms with van der Waals surface area (Å²) >= 11 is 0. The highest BCUT2D eigenvalue weighted by atomic mass is 16.3. The Kier molecular flexibility index (Phi) is 3.80. The van der Waals surface area contributed by atoms with Gasteiger partial charge in [0, 0.05) is 11.6 Å². The van der Waals surface area contributed by atoms with Crippen LogP contribution in [-0.4, -0.2) is 41.8 Å². The smallest absolute Gasteiger partial charge is 0.0611 e. The Labute approximate surface area is 93.6 Å². The third kappa shape index (κ3) is 2.71. The highest BCUT2D eigenvalue weighted by Crippen LogP contribution is 2.41. The summed E-state index contributed by atoms with van der Waals surface area (Å²) in [6, 6.07) is 0.480. The fraction of sp³-hybridized carbons (Fsp3) is 1.00. The highest BCUT2D eigenvalue weighted by molar-refractivity contribution is 5.00. The molecule has 3 nitrogen and oxygen atoms in total. The topological polar surface area (TPSA) is 49.5 Å². The number of hydrogen-bond acceptors (Lipinski definition) is 3. The number of nitrogens with zero attached hydrogens (tertiary/aromatic N) is 1. The number of aliphatic hydroxyl groups excluding tert-OH is 1. The van der Waals surface area contributed by atoms with Gasteiger partial charge in [-0.1, -0.05) is 20.8 Å². The van der Waals surface area contributed by atoms with E-state index >= 15 is 0 Å². The minimum absolute atomic E-state index is 0.108. The van der Waals surface area contributed by atoms with Gasteiger partial charge in [0.05, 0.1) is 6.61 Å². The normalized spacial score (nSPS) is 35.8. The third-order valence-corrected chi connectivity index (χ3v) is 4.11. The Bertz CT molecular complexity index is 218. The van der Waals surface area contributed by atoms with Gasteiger partial charge in [0.1, 0.15) is 0 Å². The molecule has 0 saturated heterocycles. The largest absolute Gasteiger partial charge is 0.394 e. The van der Waals surface area contributed by atoms with E-state index in [1.54, 1.807) is 0 Å². The molecular formula is C12H26N2O. The van der Waals surface area contributed by atoms with Crippen molar-refractivity contribution in [3.63, 3.8) is 0 Å². The molecule has 0 amide bonds. The molecule has 2 atom stereocenters. The van der Waals surface area contributed by atoms with Gasteiger partial charge < -0.3 is 15.7 Å². The molecule has 3 heteroatoms. The van der Waals surface area contributed by atoms with E-state index in [1.165, 1.54) is 0 Å². The first kappa shape index (κ1) is 12.9. The Morgan fingerprint density at radius 3 is 2.47 bits per heavy atom. The molecule has 0 aromatic rings. The SMILES string of the molecule is CCN(C)C1CC(N)(CO)CCC1(C)C. The summed E-state index contributed by atoms with van der Waals surface area (Å²) in [5, 5.41) is 9.35. The van der Waals surface area contributed by atoms with Gasteiger partial charge in [-0.3, -0.25) is 0 Å². The van der Waals surface area contributed by atoms with Gasteiger partial charge in [-0.2, -0.15) is 0 Å². The average molecular weight is 214 g/mol. The lowest BCUT2D eigenvalue weighted by Gasteiger charge is -2.49. The summed E-state index contributed by atoms with van der Waals surface area (Å²) < 4.78 is 0. The van der Waals surface area contributed by atoms with E-state index in [-0.39, 0.29) is 12.1 Å². The lowest BCUT2D eigenvalue weighted by atomic mass is 9.66. The van der Waals surface area contributed by atoms with Crippen molar-refractivity contribution in [3.8, 4) is 0 Å². The predicted octanol–water partition coefficient (Wildman–Crippen LogP) is 1.21. The maximum absolute atomic E-state index is 9.35. The van der Waals surface area contributed by atoms with E-state index in [4.69, 9.17) is 5.73 Å². The van der Waals surface area contributed by atoms with Crippen LogP contribution in [0.3, 0.4) is 0 Å². The van der Waals surface area contributed by atoms with Crippen LogP contribution in [-0.2, 0) is 0 Å². The molecule has 0 heterocycles. The number of aliphatic hydroxyl groups is 1. The lowest BCUT2D eigenvalue weighted by molar-refractivity contribution is 0.0148. The van der Waals surface area contributed by atoms with Crippen LogP contribution < -0.4 is 5.73 Å². The van der Waals surface area contributed by atoms with E-state index in [0.717, 1.165) is 25.8 Å². The summed E-state index contributed by atoms with van der Waals surface area (Å²) in [5.41, 5.74) is 6.14. The molecule has 90 valence electrons. The average Bonchev–Trinajstić information content (AvgIpc) is 2.21. The van der Waals surface area contributed by atoms with Gasteiger partial charge in [-0.15, -0.1) is 0 Å². The van der Waals surface area contributed by atoms with Crippen molar-refractivity contribution in [3.05, 3.63) is 0 Å². The van der Waals surface area contributed by atoms with E-state index in [9.17, 15) is 5.11 Å². The van der Waals surface area contributed by atoms with Crippen molar-refractivity contribution in [2.24, 2.45) is 11.1 Å². The molecule has 0 radical (unpaired) electrons. The lowest BCUT2D eigenvalue weighted by Crippen LogP contribution is -2.58. The van der Waals surface area contributed by atoms with E-state index < -0.39 is 0 Å². The maximum atomic E-state index is 9.35. The zero-order chi connectivity index (χ0) is 11.7. The Hall–Kier alpha value is -0.120. The van der Waals surface area contributed by atoms with Crippen LogP contribution in [0.4, 0.5) is 0 Å². The second-order valence-corrected chi connectivity index (χ2v) is 5.80. The molecule has 0 spiro atoms. The van der Waals surface area contributed by atoms with Gasteiger partial charge in [0.2, 0.25) is 0 Å². The van der Waals surface area contributed by atoms with Crippen LogP contribution in [0.15, 0.2) is 0 Å². The first-order valence-electron chi connectivity index (χ1n) is 5.94. The third-order valence-electron chi connectivity index (χ3n) is 4.11. The van der Waals surface area contributed by atoms with Gasteiger partial charge >= 0.3 is 0 Å². The predicted molar refractivity (Wildman–Crippen MR) is 63.7 cm³/mol. The molecule has 2 unspecified atom stereocenters. The van der Waals surface area contributed by atoms with Crippen LogP contribution in [0, 0.1) is 5.41 Å². The molecule has 1 saturated carbocycles. The van der Waals surface area contributed by atoms with Crippen LogP contribution >= 0.6 is 0 Å². The number of rotatable bonds is 3. The van der Waals surface area contributed by atoms with Gasteiger partial charge in [0.25, 0.3) is 0 Å². The fourth-order valence-electron chi connectivity index (χ4n) is 2.62. The van der Waals surface area contributed by atoms with Crippen LogP contribution in [0.5, 0.6) is 0 Å². The van der Waals surface area contributed by atoms with Gasteiger partial charge in [-0.05, 0) is 38.3 Å². The van der Waals surface area contributed by atoms with E-state index in [1.807, 2.05) is 0 Å². The maximum Gasteiger partial charge on any atom is 0.0611 e. The quantitative estimate of drug-likeness (QED) is 0.742. The van der Waals surface area contributed by atoms with Crippen molar-refractivity contribution in [1.82, 2.24) is 4.90 Å². The molecule has 1 fully saturated rings. The van der Waals surface area contributed by atoms with Gasteiger partial charge in [-0.25, -0.2) is 0 Å². The second-order valence-electron chi connectivity index (χ2n) is 5.80. The summed E-state index contributed by atoms with van der Waals surface area (Å²) in [4.78, 5) is 2.36. The summed E-state index contributed by atoms with van der Waals surface area (Å²) in [6.07, 6.45) is 2.93. The van der Waals surface area contributed by atoms with Crippen molar-refractivity contribution >= 4 is 0 Å². The van der Waals surface area contributed by atoms with Crippen molar-refractivity contribution in [2.75, 3.05) is 20.2 Å². The van der Waals surface area contributed by atoms with Crippen LogP contribution in [0.25, 0.3) is 0 Å². The summed E-state index contributed by atoms with van der Waals surface area (Å²) in [5.74, 6) is 0. The minimum atomic E-state index is -0.358. The van der Waals surface area contributed by atoms with E-state index in [2.05, 4.69) is 32.7 Å². The van der Waals surface area contributed by atoms with Crippen LogP contribution in [0.1, 0.15) is 40.0 Å². The van der Waals surface area contributed by atoms with Crippen molar-refractivity contribution in [1.29, 1.82) is 0 Å². The molecule has 3 N–H and O–H groups in total. The molecule has 0 bridgehead atoms. The van der Waals surface area contributed by atoms with Crippen molar-refractivity contribution < 1.29 is 5.11 Å².